The van der Waals surface area contributed by atoms with E-state index in [9.17, 15) is 4.79 Å². The number of carbonyl (C=O) groups excluding carboxylic acids is 1. The van der Waals surface area contributed by atoms with Crippen LogP contribution in [-0.4, -0.2) is 35.4 Å². The van der Waals surface area contributed by atoms with Crippen molar-refractivity contribution in [1.82, 2.24) is 10.2 Å². The molecule has 1 atom stereocenters. The van der Waals surface area contributed by atoms with Crippen LogP contribution in [-0.2, 0) is 4.74 Å². The van der Waals surface area contributed by atoms with Crippen molar-refractivity contribution in [3.8, 4) is 5.75 Å². The van der Waals surface area contributed by atoms with E-state index in [1.807, 2.05) is 30.3 Å². The van der Waals surface area contributed by atoms with E-state index >= 15 is 0 Å². The minimum Gasteiger partial charge on any atom is -0.491 e. The Morgan fingerprint density at radius 2 is 2.25 bits per heavy atom. The van der Waals surface area contributed by atoms with Gasteiger partial charge < -0.3 is 14.8 Å². The number of nitrogens with one attached hydrogen (secondary N) is 2. The van der Waals surface area contributed by atoms with Crippen LogP contribution in [0.15, 0.2) is 30.3 Å². The lowest BCUT2D eigenvalue weighted by Crippen LogP contribution is -2.16. The van der Waals surface area contributed by atoms with E-state index in [2.05, 4.69) is 15.5 Å². The highest BCUT2D eigenvalue weighted by molar-refractivity contribution is 6.03. The first-order valence-electron chi connectivity index (χ1n) is 8.49. The van der Waals surface area contributed by atoms with Gasteiger partial charge in [0, 0.05) is 30.0 Å². The fourth-order valence-corrected chi connectivity index (χ4v) is 2.88. The van der Waals surface area contributed by atoms with E-state index < -0.39 is 0 Å². The molecule has 1 aromatic carbocycles. The van der Waals surface area contributed by atoms with E-state index in [1.54, 1.807) is 0 Å². The molecule has 1 saturated heterocycles. The summed E-state index contributed by atoms with van der Waals surface area (Å²) in [6, 6.07) is 9.24. The van der Waals surface area contributed by atoms with Crippen molar-refractivity contribution in [2.24, 2.45) is 0 Å². The molecule has 126 valence electrons. The third-order valence-electron chi connectivity index (χ3n) is 4.40. The molecule has 1 saturated carbocycles. The average molecular weight is 327 g/mol. The standard InChI is InChI=1S/C18H21N3O3/c22-18(17-10-16(20-21-17)12-6-7-12)19-13-3-1-4-14(9-13)24-11-15-5-2-8-23-15/h1,3-4,9-10,12,15H,2,5-8,11H2,(H,19,22)(H,20,21). The summed E-state index contributed by atoms with van der Waals surface area (Å²) in [5, 5.41) is 9.91. The molecule has 1 aromatic heterocycles. The molecule has 0 radical (unpaired) electrons. The summed E-state index contributed by atoms with van der Waals surface area (Å²) in [6.07, 6.45) is 4.66. The zero-order chi connectivity index (χ0) is 16.4. The van der Waals surface area contributed by atoms with Gasteiger partial charge in [0.15, 0.2) is 5.69 Å². The summed E-state index contributed by atoms with van der Waals surface area (Å²) in [7, 11) is 0. The molecule has 1 aliphatic carbocycles. The number of hydrogen-bond donors (Lipinski definition) is 2. The van der Waals surface area contributed by atoms with Gasteiger partial charge in [-0.05, 0) is 43.9 Å². The van der Waals surface area contributed by atoms with E-state index in [0.717, 1.165) is 30.9 Å². The number of amides is 1. The van der Waals surface area contributed by atoms with Crippen LogP contribution in [0.1, 0.15) is 47.8 Å². The quantitative estimate of drug-likeness (QED) is 0.855. The molecule has 2 heterocycles. The first-order chi connectivity index (χ1) is 11.8. The second kappa shape index (κ2) is 6.65. The number of aromatic nitrogens is 2. The van der Waals surface area contributed by atoms with Gasteiger partial charge in [-0.2, -0.15) is 5.10 Å². The van der Waals surface area contributed by atoms with Crippen molar-refractivity contribution in [1.29, 1.82) is 0 Å². The Labute approximate surface area is 140 Å². The first kappa shape index (κ1) is 15.2. The summed E-state index contributed by atoms with van der Waals surface area (Å²) in [5.74, 6) is 1.06. The smallest absolute Gasteiger partial charge is 0.276 e. The molecule has 0 spiro atoms. The van der Waals surface area contributed by atoms with Gasteiger partial charge in [-0.1, -0.05) is 6.07 Å². The van der Waals surface area contributed by atoms with Crippen molar-refractivity contribution in [3.05, 3.63) is 41.7 Å². The van der Waals surface area contributed by atoms with Gasteiger partial charge in [0.25, 0.3) is 5.91 Å². The normalized spacial score (nSPS) is 20.1. The maximum absolute atomic E-state index is 12.3. The fourth-order valence-electron chi connectivity index (χ4n) is 2.88. The van der Waals surface area contributed by atoms with Crippen molar-refractivity contribution in [3.63, 3.8) is 0 Å². The number of aromatic amines is 1. The second-order valence-electron chi connectivity index (χ2n) is 6.41. The Hall–Kier alpha value is -2.34. The number of H-pyrrole nitrogens is 1. The lowest BCUT2D eigenvalue weighted by Gasteiger charge is -2.12. The molecule has 1 unspecified atom stereocenters. The molecule has 6 nitrogen and oxygen atoms in total. The van der Waals surface area contributed by atoms with Crippen molar-refractivity contribution >= 4 is 11.6 Å². The third-order valence-corrected chi connectivity index (χ3v) is 4.40. The number of nitrogens with zero attached hydrogens (tertiary/aromatic N) is 1. The lowest BCUT2D eigenvalue weighted by atomic mass is 10.2. The van der Waals surface area contributed by atoms with Crippen LogP contribution < -0.4 is 10.1 Å². The zero-order valence-electron chi connectivity index (χ0n) is 13.5. The van der Waals surface area contributed by atoms with Gasteiger partial charge in [0.05, 0.1) is 6.10 Å². The highest BCUT2D eigenvalue weighted by Crippen LogP contribution is 2.39. The van der Waals surface area contributed by atoms with Crippen LogP contribution in [0.5, 0.6) is 5.75 Å². The average Bonchev–Trinajstić information content (AvgIpc) is 3.11. The monoisotopic (exact) mass is 327 g/mol. The predicted octanol–water partition coefficient (Wildman–Crippen LogP) is 3.10. The molecule has 24 heavy (non-hydrogen) atoms. The Bertz CT molecular complexity index is 718. The summed E-state index contributed by atoms with van der Waals surface area (Å²) < 4.78 is 11.3. The molecule has 0 bridgehead atoms. The maximum Gasteiger partial charge on any atom is 0.276 e. The van der Waals surface area contributed by atoms with Crippen molar-refractivity contribution < 1.29 is 14.3 Å². The van der Waals surface area contributed by atoms with Crippen LogP contribution in [0, 0.1) is 0 Å². The third kappa shape index (κ3) is 3.59. The summed E-state index contributed by atoms with van der Waals surface area (Å²) in [4.78, 5) is 12.3. The van der Waals surface area contributed by atoms with Gasteiger partial charge in [0.1, 0.15) is 12.4 Å². The number of rotatable bonds is 6. The molecule has 4 rings (SSSR count). The van der Waals surface area contributed by atoms with E-state index in [-0.39, 0.29) is 12.0 Å². The highest BCUT2D eigenvalue weighted by atomic mass is 16.5. The minimum absolute atomic E-state index is 0.174. The predicted molar refractivity (Wildman–Crippen MR) is 89.4 cm³/mol. The minimum atomic E-state index is -0.213. The van der Waals surface area contributed by atoms with Crippen LogP contribution in [0.2, 0.25) is 0 Å². The van der Waals surface area contributed by atoms with Crippen LogP contribution >= 0.6 is 0 Å². The Balaban J connectivity index is 1.36. The van der Waals surface area contributed by atoms with E-state index in [0.29, 0.717) is 23.9 Å². The molecule has 6 heteroatoms. The van der Waals surface area contributed by atoms with Crippen molar-refractivity contribution in [2.45, 2.75) is 37.7 Å². The number of anilines is 1. The number of benzene rings is 1. The van der Waals surface area contributed by atoms with Gasteiger partial charge >= 0.3 is 0 Å². The zero-order valence-corrected chi connectivity index (χ0v) is 13.5. The van der Waals surface area contributed by atoms with Crippen molar-refractivity contribution in [2.75, 3.05) is 18.5 Å². The number of hydrogen-bond acceptors (Lipinski definition) is 4. The highest BCUT2D eigenvalue weighted by Gasteiger charge is 2.26. The fraction of sp³-hybridized carbons (Fsp3) is 0.444. The van der Waals surface area contributed by atoms with E-state index in [4.69, 9.17) is 9.47 Å². The number of carbonyl (C=O) groups is 1. The molecular weight excluding hydrogens is 306 g/mol. The van der Waals surface area contributed by atoms with Gasteiger partial charge in [-0.25, -0.2) is 0 Å². The van der Waals surface area contributed by atoms with Gasteiger partial charge in [0.2, 0.25) is 0 Å². The summed E-state index contributed by atoms with van der Waals surface area (Å²) in [5.41, 5.74) is 2.16. The Morgan fingerprint density at radius 1 is 1.33 bits per heavy atom. The Kier molecular flexibility index (Phi) is 4.21. The largest absolute Gasteiger partial charge is 0.491 e. The van der Waals surface area contributed by atoms with Gasteiger partial charge in [-0.15, -0.1) is 0 Å². The summed E-state index contributed by atoms with van der Waals surface area (Å²) in [6.45, 7) is 1.36. The van der Waals surface area contributed by atoms with E-state index in [1.165, 1.54) is 12.8 Å². The van der Waals surface area contributed by atoms with Crippen LogP contribution in [0.3, 0.4) is 0 Å². The Morgan fingerprint density at radius 3 is 3.04 bits per heavy atom. The molecule has 2 aliphatic rings. The first-order valence-corrected chi connectivity index (χ1v) is 8.49. The molecule has 2 aromatic rings. The maximum atomic E-state index is 12.3. The van der Waals surface area contributed by atoms with Gasteiger partial charge in [-0.3, -0.25) is 9.89 Å². The SMILES string of the molecule is O=C(Nc1cccc(OCC2CCCO2)c1)c1cc(C2CC2)[nH]n1. The lowest BCUT2D eigenvalue weighted by molar-refractivity contribution is 0.0680. The molecule has 1 amide bonds. The summed E-state index contributed by atoms with van der Waals surface area (Å²) >= 11 is 0. The molecule has 1 aliphatic heterocycles. The molecule has 2 fully saturated rings. The molecular formula is C18H21N3O3. The van der Waals surface area contributed by atoms with Crippen LogP contribution in [0.4, 0.5) is 5.69 Å². The second-order valence-corrected chi connectivity index (χ2v) is 6.41. The van der Waals surface area contributed by atoms with Crippen LogP contribution in [0.25, 0.3) is 0 Å². The molecule has 2 N–H and O–H groups in total. The number of ether oxygens (including phenoxy) is 2. The topological polar surface area (TPSA) is 76.2 Å².